The molecule has 0 spiro atoms. The van der Waals surface area contributed by atoms with Crippen molar-refractivity contribution in [2.75, 3.05) is 4.90 Å². The van der Waals surface area contributed by atoms with Crippen molar-refractivity contribution in [3.8, 4) is 0 Å². The van der Waals surface area contributed by atoms with Crippen molar-refractivity contribution < 1.29 is 38.7 Å². The summed E-state index contributed by atoms with van der Waals surface area (Å²) in [7, 11) is 0. The average Bonchev–Trinajstić information content (AvgIpc) is 3.16. The third-order valence-electron chi connectivity index (χ3n) is 6.32. The number of hydroxylamine groups is 2. The maximum absolute atomic E-state index is 13.5. The molecule has 0 aromatic heterocycles. The highest BCUT2D eigenvalue weighted by Gasteiger charge is 2.54. The van der Waals surface area contributed by atoms with E-state index in [1.165, 1.54) is 24.3 Å². The van der Waals surface area contributed by atoms with Gasteiger partial charge in [0.25, 0.3) is 5.91 Å². The van der Waals surface area contributed by atoms with Crippen LogP contribution in [0.1, 0.15) is 37.8 Å². The molecule has 0 unspecified atom stereocenters. The number of ketones is 1. The van der Waals surface area contributed by atoms with E-state index in [9.17, 15) is 28.8 Å². The van der Waals surface area contributed by atoms with Crippen LogP contribution >= 0.6 is 0 Å². The van der Waals surface area contributed by atoms with Crippen LogP contribution in [-0.4, -0.2) is 57.8 Å². The second-order valence-corrected chi connectivity index (χ2v) is 8.97. The number of urea groups is 1. The summed E-state index contributed by atoms with van der Waals surface area (Å²) in [6.07, 6.45) is -0.717. The van der Waals surface area contributed by atoms with E-state index in [2.05, 4.69) is 10.4 Å². The molecule has 1 aliphatic rings. The van der Waals surface area contributed by atoms with E-state index in [4.69, 9.17) is 21.2 Å². The van der Waals surface area contributed by atoms with Crippen molar-refractivity contribution in [2.24, 2.45) is 10.8 Å². The fraction of sp³-hybridized carbons (Fsp3) is 0.308. The lowest BCUT2D eigenvalue weighted by Crippen LogP contribution is -2.56. The van der Waals surface area contributed by atoms with Crippen LogP contribution < -0.4 is 16.0 Å². The monoisotopic (exact) mass is 552 g/mol. The fourth-order valence-corrected chi connectivity index (χ4v) is 4.30. The standard InChI is InChI=1S/C26H28N6O8/c1-3-26(17-11-9-16(10-12-17)14-29-28)24(38)32(25(39)30-26)40-23(37)21(15(2)33)31(18-7-5-4-6-8-18)22(36)19(27)13-20(34)35/h4-12,19,21,28H,3,13-14,27H2,1-2H3,(H,30,39)(H,34,35)/t19-,21-,26+/m0/s1. The number of nitrogens with two attached hydrogens (primary N) is 1. The predicted molar refractivity (Wildman–Crippen MR) is 137 cm³/mol. The molecule has 0 saturated carbocycles. The Morgan fingerprint density at radius 2 is 1.75 bits per heavy atom. The lowest BCUT2D eigenvalue weighted by Gasteiger charge is -2.31. The molecule has 2 aromatic carbocycles. The molecule has 40 heavy (non-hydrogen) atoms. The van der Waals surface area contributed by atoms with Gasteiger partial charge >= 0.3 is 18.0 Å². The molecule has 3 rings (SSSR count). The number of carbonyl (C=O) groups is 6. The van der Waals surface area contributed by atoms with Gasteiger partial charge in [0.2, 0.25) is 5.91 Å². The summed E-state index contributed by atoms with van der Waals surface area (Å²) in [5, 5.41) is 15.1. The number of imide groups is 1. The van der Waals surface area contributed by atoms with Gasteiger partial charge in [0.15, 0.2) is 11.8 Å². The molecular weight excluding hydrogens is 524 g/mol. The summed E-state index contributed by atoms with van der Waals surface area (Å²) in [4.78, 5) is 82.6. The van der Waals surface area contributed by atoms with E-state index in [0.29, 0.717) is 16.0 Å². The zero-order chi connectivity index (χ0) is 29.6. The number of nitrogens with zero attached hydrogens (tertiary/aromatic N) is 3. The topological polar surface area (TPSA) is 213 Å². The molecule has 5 N–H and O–H groups in total. The Hall–Kier alpha value is -4.98. The van der Waals surface area contributed by atoms with Crippen LogP contribution in [-0.2, 0) is 40.9 Å². The van der Waals surface area contributed by atoms with E-state index in [1.54, 1.807) is 37.3 Å². The average molecular weight is 553 g/mol. The van der Waals surface area contributed by atoms with Gasteiger partial charge in [-0.05, 0) is 36.6 Å². The summed E-state index contributed by atoms with van der Waals surface area (Å²) in [5.41, 5.74) is 12.3. The predicted octanol–water partition coefficient (Wildman–Crippen LogP) is 1.63. The number of Topliss-reactive ketones (excluding diaryl/α,β-unsaturated/α-hetero) is 1. The zero-order valence-corrected chi connectivity index (χ0v) is 21.7. The highest BCUT2D eigenvalue weighted by atomic mass is 16.7. The number of carboxylic acid groups (broad SMARTS) is 1. The van der Waals surface area contributed by atoms with Gasteiger partial charge in [-0.2, -0.15) is 5.11 Å². The molecule has 4 amide bonds. The molecule has 0 bridgehead atoms. The highest BCUT2D eigenvalue weighted by molar-refractivity contribution is 6.15. The van der Waals surface area contributed by atoms with Crippen molar-refractivity contribution in [1.82, 2.24) is 10.4 Å². The molecule has 2 aromatic rings. The van der Waals surface area contributed by atoms with Crippen LogP contribution in [0, 0.1) is 5.53 Å². The van der Waals surface area contributed by atoms with Crippen LogP contribution in [0.3, 0.4) is 0 Å². The molecular formula is C26H28N6O8. The first-order chi connectivity index (χ1) is 19.0. The molecule has 1 saturated heterocycles. The third-order valence-corrected chi connectivity index (χ3v) is 6.32. The molecule has 14 nitrogen and oxygen atoms in total. The minimum absolute atomic E-state index is 0.0325. The molecule has 14 heteroatoms. The number of amides is 4. The van der Waals surface area contributed by atoms with Crippen LogP contribution in [0.5, 0.6) is 0 Å². The summed E-state index contributed by atoms with van der Waals surface area (Å²) < 4.78 is 0. The van der Waals surface area contributed by atoms with Gasteiger partial charge in [-0.25, -0.2) is 15.1 Å². The minimum atomic E-state index is -2.00. The van der Waals surface area contributed by atoms with E-state index < -0.39 is 59.6 Å². The number of carbonyl (C=O) groups excluding carboxylic acids is 5. The molecule has 210 valence electrons. The highest BCUT2D eigenvalue weighted by Crippen LogP contribution is 2.33. The molecule has 1 aliphatic heterocycles. The molecule has 3 atom stereocenters. The Morgan fingerprint density at radius 1 is 1.12 bits per heavy atom. The Bertz CT molecular complexity index is 1330. The normalized spacial score (nSPS) is 17.9. The van der Waals surface area contributed by atoms with Gasteiger partial charge in [0.1, 0.15) is 5.54 Å². The number of nitrogens with one attached hydrogen (secondary N) is 2. The van der Waals surface area contributed by atoms with Crippen molar-refractivity contribution >= 4 is 41.3 Å². The number of anilines is 1. The van der Waals surface area contributed by atoms with Crippen molar-refractivity contribution in [2.45, 2.75) is 50.9 Å². The van der Waals surface area contributed by atoms with E-state index in [1.807, 2.05) is 0 Å². The number of para-hydroxylation sites is 1. The molecule has 1 fully saturated rings. The van der Waals surface area contributed by atoms with Crippen LogP contribution in [0.15, 0.2) is 59.7 Å². The number of benzene rings is 2. The van der Waals surface area contributed by atoms with E-state index >= 15 is 0 Å². The largest absolute Gasteiger partial charge is 0.481 e. The van der Waals surface area contributed by atoms with Crippen molar-refractivity contribution in [3.63, 3.8) is 0 Å². The summed E-state index contributed by atoms with van der Waals surface area (Å²) in [6.45, 7) is 2.75. The Balaban J connectivity index is 1.95. The number of carboxylic acids is 1. The maximum atomic E-state index is 13.5. The number of aliphatic carboxylic acids is 1. The smallest absolute Gasteiger partial charge is 0.363 e. The Kier molecular flexibility index (Phi) is 9.06. The van der Waals surface area contributed by atoms with Gasteiger partial charge in [-0.15, -0.1) is 0 Å². The van der Waals surface area contributed by atoms with Crippen molar-refractivity contribution in [1.29, 1.82) is 5.53 Å². The Labute approximate surface area is 228 Å². The summed E-state index contributed by atoms with van der Waals surface area (Å²) in [6, 6.07) is 9.13. The lowest BCUT2D eigenvalue weighted by molar-refractivity contribution is -0.186. The van der Waals surface area contributed by atoms with Gasteiger partial charge in [0.05, 0.1) is 19.0 Å². The van der Waals surface area contributed by atoms with Gasteiger partial charge in [-0.3, -0.25) is 24.1 Å². The second kappa shape index (κ2) is 12.3. The van der Waals surface area contributed by atoms with Gasteiger partial charge < -0.3 is 21.0 Å². The zero-order valence-electron chi connectivity index (χ0n) is 21.7. The summed E-state index contributed by atoms with van der Waals surface area (Å²) in [5.74, 6) is -5.71. The first kappa shape index (κ1) is 29.6. The van der Waals surface area contributed by atoms with Crippen LogP contribution in [0.4, 0.5) is 10.5 Å². The minimum Gasteiger partial charge on any atom is -0.481 e. The lowest BCUT2D eigenvalue weighted by atomic mass is 9.87. The van der Waals surface area contributed by atoms with E-state index in [0.717, 1.165) is 6.92 Å². The van der Waals surface area contributed by atoms with Crippen LogP contribution in [0.2, 0.25) is 0 Å². The number of hydrogen-bond acceptors (Lipinski definition) is 10. The van der Waals surface area contributed by atoms with Crippen molar-refractivity contribution in [3.05, 3.63) is 65.7 Å². The first-order valence-corrected chi connectivity index (χ1v) is 12.1. The molecule has 0 radical (unpaired) electrons. The van der Waals surface area contributed by atoms with Crippen LogP contribution in [0.25, 0.3) is 0 Å². The maximum Gasteiger partial charge on any atom is 0.363 e. The fourth-order valence-electron chi connectivity index (χ4n) is 4.30. The number of hydrogen-bond donors (Lipinski definition) is 4. The SMILES string of the molecule is CC[C@]1(c2ccc(CN=N)cc2)NC(=O)N(OC(=O)[C@H](C(C)=O)N(C(=O)[C@@H](N)CC(=O)O)c2ccccc2)C1=O. The Morgan fingerprint density at radius 3 is 2.27 bits per heavy atom. The summed E-state index contributed by atoms with van der Waals surface area (Å²) >= 11 is 0. The quantitative estimate of drug-likeness (QED) is 0.171. The molecule has 0 aliphatic carbocycles. The first-order valence-electron chi connectivity index (χ1n) is 12.1. The van der Waals surface area contributed by atoms with Gasteiger partial charge in [0, 0.05) is 5.69 Å². The van der Waals surface area contributed by atoms with Gasteiger partial charge in [-0.1, -0.05) is 54.5 Å². The number of rotatable bonds is 12. The molecule has 1 heterocycles. The second-order valence-electron chi connectivity index (χ2n) is 8.97. The third kappa shape index (κ3) is 5.86. The van der Waals surface area contributed by atoms with E-state index in [-0.39, 0.29) is 23.7 Å².